The smallest absolute Gasteiger partial charge is 0.337 e. The summed E-state index contributed by atoms with van der Waals surface area (Å²) in [7, 11) is 1.33. The van der Waals surface area contributed by atoms with Crippen molar-refractivity contribution in [3.63, 3.8) is 0 Å². The summed E-state index contributed by atoms with van der Waals surface area (Å²) in [6, 6.07) is 13.5. The molecule has 2 aromatic carbocycles. The van der Waals surface area contributed by atoms with Crippen molar-refractivity contribution in [2.24, 2.45) is 0 Å². The van der Waals surface area contributed by atoms with Crippen LogP contribution in [-0.2, 0) is 16.1 Å². The van der Waals surface area contributed by atoms with Gasteiger partial charge in [0, 0.05) is 18.5 Å². The van der Waals surface area contributed by atoms with E-state index in [2.05, 4.69) is 10.1 Å². The lowest BCUT2D eigenvalue weighted by Gasteiger charge is -2.08. The predicted molar refractivity (Wildman–Crippen MR) is 96.2 cm³/mol. The molecule has 0 spiro atoms. The first kappa shape index (κ1) is 19.2. The van der Waals surface area contributed by atoms with Gasteiger partial charge in [0.1, 0.15) is 5.75 Å². The van der Waals surface area contributed by atoms with Crippen LogP contribution in [0.1, 0.15) is 39.6 Å². The van der Waals surface area contributed by atoms with Gasteiger partial charge in [0.05, 0.1) is 12.7 Å². The van der Waals surface area contributed by atoms with E-state index >= 15 is 0 Å². The van der Waals surface area contributed by atoms with Crippen LogP contribution in [0.15, 0.2) is 48.5 Å². The second kappa shape index (κ2) is 9.36. The third-order valence-corrected chi connectivity index (χ3v) is 3.73. The average Bonchev–Trinajstić information content (AvgIpc) is 2.70. The fourth-order valence-corrected chi connectivity index (χ4v) is 2.22. The summed E-state index contributed by atoms with van der Waals surface area (Å²) in [4.78, 5) is 34.8. The maximum atomic E-state index is 11.9. The zero-order valence-electron chi connectivity index (χ0n) is 14.8. The summed E-state index contributed by atoms with van der Waals surface area (Å²) in [5, 5.41) is 2.74. The number of Topliss-reactive ketones (excluding diaryl/α,β-unsaturated/α-hetero) is 1. The first-order chi connectivity index (χ1) is 12.5. The van der Waals surface area contributed by atoms with Crippen LogP contribution in [0.4, 0.5) is 0 Å². The molecule has 1 amide bonds. The summed E-state index contributed by atoms with van der Waals surface area (Å²) >= 11 is 0. The maximum absolute atomic E-state index is 11.9. The van der Waals surface area contributed by atoms with Crippen molar-refractivity contribution in [2.75, 3.05) is 13.7 Å². The standard InChI is InChI=1S/C20H21NO5/c1-3-18(22)15-8-10-17(11-9-15)26-13-19(23)21-12-14-4-6-16(7-5-14)20(24)25-2/h4-11H,3,12-13H2,1-2H3,(H,21,23). The van der Waals surface area contributed by atoms with Gasteiger partial charge in [-0.25, -0.2) is 4.79 Å². The average molecular weight is 355 g/mol. The molecule has 0 radical (unpaired) electrons. The lowest BCUT2D eigenvalue weighted by atomic mass is 10.1. The molecule has 136 valence electrons. The maximum Gasteiger partial charge on any atom is 0.337 e. The third-order valence-electron chi connectivity index (χ3n) is 3.73. The van der Waals surface area contributed by atoms with E-state index in [0.29, 0.717) is 29.8 Å². The van der Waals surface area contributed by atoms with E-state index in [-0.39, 0.29) is 18.3 Å². The van der Waals surface area contributed by atoms with Crippen LogP contribution >= 0.6 is 0 Å². The van der Waals surface area contributed by atoms with Gasteiger partial charge >= 0.3 is 5.97 Å². The highest BCUT2D eigenvalue weighted by atomic mass is 16.5. The molecule has 0 unspecified atom stereocenters. The van der Waals surface area contributed by atoms with E-state index in [0.717, 1.165) is 5.56 Å². The first-order valence-electron chi connectivity index (χ1n) is 8.23. The van der Waals surface area contributed by atoms with Crippen molar-refractivity contribution in [3.8, 4) is 5.75 Å². The molecule has 2 rings (SSSR count). The number of esters is 1. The van der Waals surface area contributed by atoms with Crippen LogP contribution in [0.3, 0.4) is 0 Å². The Morgan fingerprint density at radius 2 is 1.54 bits per heavy atom. The molecule has 1 N–H and O–H groups in total. The molecular weight excluding hydrogens is 334 g/mol. The monoisotopic (exact) mass is 355 g/mol. The second-order valence-corrected chi connectivity index (χ2v) is 5.56. The van der Waals surface area contributed by atoms with Gasteiger partial charge in [-0.15, -0.1) is 0 Å². The molecular formula is C20H21NO5. The number of amides is 1. The minimum atomic E-state index is -0.402. The van der Waals surface area contributed by atoms with Gasteiger partial charge in [-0.2, -0.15) is 0 Å². The fraction of sp³-hybridized carbons (Fsp3) is 0.250. The van der Waals surface area contributed by atoms with E-state index < -0.39 is 5.97 Å². The molecule has 0 aliphatic carbocycles. The van der Waals surface area contributed by atoms with Crippen LogP contribution in [0.25, 0.3) is 0 Å². The van der Waals surface area contributed by atoms with E-state index in [1.165, 1.54) is 7.11 Å². The third kappa shape index (κ3) is 5.44. The number of benzene rings is 2. The first-order valence-corrected chi connectivity index (χ1v) is 8.23. The highest BCUT2D eigenvalue weighted by molar-refractivity contribution is 5.95. The molecule has 6 heteroatoms. The summed E-state index contributed by atoms with van der Waals surface area (Å²) in [6.07, 6.45) is 0.448. The van der Waals surface area contributed by atoms with Crippen molar-refractivity contribution in [1.29, 1.82) is 0 Å². The largest absolute Gasteiger partial charge is 0.484 e. The minimum absolute atomic E-state index is 0.0625. The van der Waals surface area contributed by atoms with E-state index in [1.807, 2.05) is 0 Å². The zero-order chi connectivity index (χ0) is 18.9. The molecule has 0 heterocycles. The van der Waals surface area contributed by atoms with Gasteiger partial charge in [-0.05, 0) is 42.0 Å². The van der Waals surface area contributed by atoms with E-state index in [1.54, 1.807) is 55.5 Å². The second-order valence-electron chi connectivity index (χ2n) is 5.56. The molecule has 2 aromatic rings. The van der Waals surface area contributed by atoms with Crippen LogP contribution in [0.2, 0.25) is 0 Å². The molecule has 0 bridgehead atoms. The van der Waals surface area contributed by atoms with Crippen LogP contribution < -0.4 is 10.1 Å². The normalized spacial score (nSPS) is 10.1. The summed E-state index contributed by atoms with van der Waals surface area (Å²) in [6.45, 7) is 2.01. The number of ether oxygens (including phenoxy) is 2. The Balaban J connectivity index is 1.78. The predicted octanol–water partition coefficient (Wildman–Crippen LogP) is 2.76. The van der Waals surface area contributed by atoms with E-state index in [9.17, 15) is 14.4 Å². The van der Waals surface area contributed by atoms with Gasteiger partial charge in [-0.1, -0.05) is 19.1 Å². The zero-order valence-corrected chi connectivity index (χ0v) is 14.8. The number of carbonyl (C=O) groups is 3. The van der Waals surface area contributed by atoms with Crippen molar-refractivity contribution in [3.05, 3.63) is 65.2 Å². The Hall–Kier alpha value is -3.15. The molecule has 6 nitrogen and oxygen atoms in total. The van der Waals surface area contributed by atoms with Crippen LogP contribution in [0.5, 0.6) is 5.75 Å². The summed E-state index contributed by atoms with van der Waals surface area (Å²) in [5.41, 5.74) is 1.93. The number of hydrogen-bond donors (Lipinski definition) is 1. The van der Waals surface area contributed by atoms with Gasteiger partial charge in [-0.3, -0.25) is 9.59 Å². The van der Waals surface area contributed by atoms with Gasteiger partial charge in [0.25, 0.3) is 5.91 Å². The fourth-order valence-electron chi connectivity index (χ4n) is 2.22. The lowest BCUT2D eigenvalue weighted by molar-refractivity contribution is -0.123. The number of hydrogen-bond acceptors (Lipinski definition) is 5. The molecule has 0 aliphatic heterocycles. The van der Waals surface area contributed by atoms with E-state index in [4.69, 9.17) is 4.74 Å². The van der Waals surface area contributed by atoms with Crippen molar-refractivity contribution >= 4 is 17.7 Å². The summed E-state index contributed by atoms with van der Waals surface area (Å²) < 4.78 is 10.0. The lowest BCUT2D eigenvalue weighted by Crippen LogP contribution is -2.28. The van der Waals surface area contributed by atoms with Gasteiger partial charge < -0.3 is 14.8 Å². The molecule has 0 saturated heterocycles. The minimum Gasteiger partial charge on any atom is -0.484 e. The Morgan fingerprint density at radius 3 is 2.12 bits per heavy atom. The molecule has 0 aromatic heterocycles. The SMILES string of the molecule is CCC(=O)c1ccc(OCC(=O)NCc2ccc(C(=O)OC)cc2)cc1. The van der Waals surface area contributed by atoms with Crippen LogP contribution in [0, 0.1) is 0 Å². The summed E-state index contributed by atoms with van der Waals surface area (Å²) in [5.74, 6) is -0.0841. The van der Waals surface area contributed by atoms with Crippen LogP contribution in [-0.4, -0.2) is 31.4 Å². The number of carbonyl (C=O) groups excluding carboxylic acids is 3. The molecule has 0 aliphatic rings. The molecule has 0 saturated carbocycles. The molecule has 26 heavy (non-hydrogen) atoms. The Kier molecular flexibility index (Phi) is 6.91. The highest BCUT2D eigenvalue weighted by Gasteiger charge is 2.07. The van der Waals surface area contributed by atoms with Crippen molar-refractivity contribution < 1.29 is 23.9 Å². The Labute approximate surface area is 152 Å². The number of rotatable bonds is 8. The highest BCUT2D eigenvalue weighted by Crippen LogP contribution is 2.13. The quantitative estimate of drug-likeness (QED) is 0.582. The number of methoxy groups -OCH3 is 1. The molecule has 0 fully saturated rings. The number of nitrogens with one attached hydrogen (secondary N) is 1. The number of ketones is 1. The van der Waals surface area contributed by atoms with Gasteiger partial charge in [0.15, 0.2) is 12.4 Å². The Bertz CT molecular complexity index is 700. The van der Waals surface area contributed by atoms with Crippen molar-refractivity contribution in [1.82, 2.24) is 5.32 Å². The van der Waals surface area contributed by atoms with Crippen molar-refractivity contribution in [2.45, 2.75) is 19.9 Å². The molecule has 0 atom stereocenters. The Morgan fingerprint density at radius 1 is 0.923 bits per heavy atom. The topological polar surface area (TPSA) is 81.7 Å². The van der Waals surface area contributed by atoms with Gasteiger partial charge in [0.2, 0.25) is 0 Å².